The summed E-state index contributed by atoms with van der Waals surface area (Å²) in [5.74, 6) is -0.802. The minimum atomic E-state index is -3.52. The van der Waals surface area contributed by atoms with Gasteiger partial charge in [0.2, 0.25) is 5.91 Å². The van der Waals surface area contributed by atoms with E-state index in [2.05, 4.69) is 0 Å². The van der Waals surface area contributed by atoms with Gasteiger partial charge in [0.1, 0.15) is 4.21 Å². The number of thiophene rings is 1. The minimum Gasteiger partial charge on any atom is -0.369 e. The Morgan fingerprint density at radius 1 is 1.45 bits per heavy atom. The topological polar surface area (TPSA) is 80.5 Å². The number of primary amides is 1. The number of hydrogen-bond acceptors (Lipinski definition) is 4. The zero-order valence-electron chi connectivity index (χ0n) is 11.7. The molecule has 2 atom stereocenters. The van der Waals surface area contributed by atoms with Crippen molar-refractivity contribution >= 4 is 27.3 Å². The summed E-state index contributed by atoms with van der Waals surface area (Å²) < 4.78 is 27.1. The maximum absolute atomic E-state index is 12.7. The highest BCUT2D eigenvalue weighted by Crippen LogP contribution is 2.31. The van der Waals surface area contributed by atoms with Gasteiger partial charge in [0.15, 0.2) is 0 Å². The van der Waals surface area contributed by atoms with Crippen LogP contribution < -0.4 is 5.73 Å². The highest BCUT2D eigenvalue weighted by Gasteiger charge is 2.37. The fourth-order valence-electron chi connectivity index (χ4n) is 2.44. The fourth-order valence-corrected chi connectivity index (χ4v) is 5.58. The van der Waals surface area contributed by atoms with Crippen LogP contribution in [0.4, 0.5) is 0 Å². The molecule has 112 valence electrons. The molecule has 0 radical (unpaired) electrons. The van der Waals surface area contributed by atoms with Crippen LogP contribution in [-0.2, 0) is 21.2 Å². The van der Waals surface area contributed by atoms with E-state index in [9.17, 15) is 13.2 Å². The van der Waals surface area contributed by atoms with Crippen molar-refractivity contribution in [2.24, 2.45) is 11.7 Å². The van der Waals surface area contributed by atoms with Crippen LogP contribution in [0.5, 0.6) is 0 Å². The minimum absolute atomic E-state index is 0.0947. The van der Waals surface area contributed by atoms with Gasteiger partial charge >= 0.3 is 0 Å². The van der Waals surface area contributed by atoms with Crippen molar-refractivity contribution in [2.45, 2.75) is 43.4 Å². The number of hydrogen-bond donors (Lipinski definition) is 1. The Hall–Kier alpha value is -0.920. The average Bonchev–Trinajstić information content (AvgIpc) is 2.88. The number of nitrogens with zero attached hydrogens (tertiary/aromatic N) is 1. The van der Waals surface area contributed by atoms with Crippen LogP contribution in [0, 0.1) is 5.92 Å². The van der Waals surface area contributed by atoms with Gasteiger partial charge in [0, 0.05) is 17.5 Å². The van der Waals surface area contributed by atoms with E-state index in [1.165, 1.54) is 15.6 Å². The van der Waals surface area contributed by atoms with E-state index in [1.807, 2.05) is 19.9 Å². The highest BCUT2D eigenvalue weighted by molar-refractivity contribution is 7.91. The molecule has 0 bridgehead atoms. The van der Waals surface area contributed by atoms with Crippen LogP contribution in [0.1, 0.15) is 31.6 Å². The molecule has 2 rings (SSSR count). The first kappa shape index (κ1) is 15.5. The van der Waals surface area contributed by atoms with Gasteiger partial charge in [-0.05, 0) is 38.3 Å². The quantitative estimate of drug-likeness (QED) is 0.916. The van der Waals surface area contributed by atoms with E-state index >= 15 is 0 Å². The van der Waals surface area contributed by atoms with Crippen LogP contribution in [0.2, 0.25) is 0 Å². The van der Waals surface area contributed by atoms with Crippen LogP contribution >= 0.6 is 11.3 Å². The third-order valence-corrected chi connectivity index (χ3v) is 7.45. The molecule has 0 saturated carbocycles. The summed E-state index contributed by atoms with van der Waals surface area (Å²) in [5, 5.41) is 0. The maximum Gasteiger partial charge on any atom is 0.252 e. The molecule has 2 N–H and O–H groups in total. The van der Waals surface area contributed by atoms with E-state index in [0.29, 0.717) is 17.1 Å². The first-order valence-corrected chi connectivity index (χ1v) is 9.01. The molecule has 0 aliphatic carbocycles. The second kappa shape index (κ2) is 5.83. The number of piperidine rings is 1. The zero-order valence-corrected chi connectivity index (χ0v) is 13.3. The summed E-state index contributed by atoms with van der Waals surface area (Å²) in [6.07, 6.45) is 2.14. The molecule has 0 spiro atoms. The number of sulfonamides is 1. The molecule has 20 heavy (non-hydrogen) atoms. The first-order chi connectivity index (χ1) is 9.36. The fraction of sp³-hybridized carbons (Fsp3) is 0.615. The summed E-state index contributed by atoms with van der Waals surface area (Å²) in [4.78, 5) is 12.4. The van der Waals surface area contributed by atoms with Crippen molar-refractivity contribution in [1.82, 2.24) is 4.31 Å². The van der Waals surface area contributed by atoms with Crippen LogP contribution in [-0.4, -0.2) is 31.2 Å². The number of carbonyl (C=O) groups excluding carboxylic acids is 1. The molecule has 1 amide bonds. The normalized spacial score (nSPS) is 24.7. The van der Waals surface area contributed by atoms with Crippen molar-refractivity contribution in [3.63, 3.8) is 0 Å². The number of aryl methyl sites for hydroxylation is 1. The first-order valence-electron chi connectivity index (χ1n) is 6.76. The molecule has 0 aromatic carbocycles. The molecule has 5 nitrogen and oxygen atoms in total. The summed E-state index contributed by atoms with van der Waals surface area (Å²) >= 11 is 1.30. The van der Waals surface area contributed by atoms with Gasteiger partial charge in [-0.15, -0.1) is 11.3 Å². The Labute approximate surface area is 123 Å². The number of rotatable bonds is 4. The molecule has 1 saturated heterocycles. The Balaban J connectivity index is 2.29. The lowest BCUT2D eigenvalue weighted by atomic mass is 9.95. The summed E-state index contributed by atoms with van der Waals surface area (Å²) in [5.41, 5.74) is 5.32. The largest absolute Gasteiger partial charge is 0.369 e. The third-order valence-electron chi connectivity index (χ3n) is 3.78. The van der Waals surface area contributed by atoms with Crippen molar-refractivity contribution in [3.05, 3.63) is 17.0 Å². The van der Waals surface area contributed by atoms with E-state index in [4.69, 9.17) is 5.73 Å². The van der Waals surface area contributed by atoms with Crippen LogP contribution in [0.3, 0.4) is 0 Å². The van der Waals surface area contributed by atoms with Gasteiger partial charge in [-0.25, -0.2) is 8.42 Å². The molecule has 1 aromatic rings. The lowest BCUT2D eigenvalue weighted by Crippen LogP contribution is -2.48. The Kier molecular flexibility index (Phi) is 4.51. The molecule has 7 heteroatoms. The van der Waals surface area contributed by atoms with E-state index in [1.54, 1.807) is 6.07 Å². The predicted octanol–water partition coefficient (Wildman–Crippen LogP) is 1.58. The van der Waals surface area contributed by atoms with Gasteiger partial charge in [-0.3, -0.25) is 4.79 Å². The van der Waals surface area contributed by atoms with Crippen molar-refractivity contribution in [3.8, 4) is 0 Å². The van der Waals surface area contributed by atoms with Gasteiger partial charge < -0.3 is 5.73 Å². The average molecular weight is 316 g/mol. The van der Waals surface area contributed by atoms with Gasteiger partial charge in [-0.2, -0.15) is 4.31 Å². The lowest BCUT2D eigenvalue weighted by Gasteiger charge is -2.35. The van der Waals surface area contributed by atoms with Crippen molar-refractivity contribution in [1.29, 1.82) is 0 Å². The Morgan fingerprint density at radius 2 is 2.15 bits per heavy atom. The van der Waals surface area contributed by atoms with E-state index in [-0.39, 0.29) is 18.5 Å². The van der Waals surface area contributed by atoms with Crippen LogP contribution in [0.25, 0.3) is 0 Å². The molecule has 1 fully saturated rings. The standard InChI is InChI=1S/C13H20N2O3S2/c1-3-11-6-7-12(19-11)20(17,18)15-8-10(13(14)16)5-4-9(15)2/h6-7,9-10H,3-5,8H2,1-2H3,(H2,14,16)/t9-,10+/m0/s1. The zero-order chi connectivity index (χ0) is 14.9. The molecule has 0 unspecified atom stereocenters. The number of carbonyl (C=O) groups is 1. The van der Waals surface area contributed by atoms with E-state index in [0.717, 1.165) is 11.3 Å². The van der Waals surface area contributed by atoms with Crippen molar-refractivity contribution in [2.75, 3.05) is 6.54 Å². The third kappa shape index (κ3) is 2.89. The Bertz CT molecular complexity index is 595. The SMILES string of the molecule is CCc1ccc(S(=O)(=O)N2C[C@H](C(N)=O)CC[C@@H]2C)s1. The molecule has 1 aliphatic rings. The maximum atomic E-state index is 12.7. The highest BCUT2D eigenvalue weighted by atomic mass is 32.2. The second-order valence-corrected chi connectivity index (χ2v) is 8.46. The van der Waals surface area contributed by atoms with Gasteiger partial charge in [0.05, 0.1) is 5.92 Å². The molecule has 1 aromatic heterocycles. The number of nitrogens with two attached hydrogens (primary N) is 1. The summed E-state index contributed by atoms with van der Waals surface area (Å²) in [7, 11) is -3.52. The predicted molar refractivity (Wildman–Crippen MR) is 79.0 cm³/mol. The van der Waals surface area contributed by atoms with Gasteiger partial charge in [-0.1, -0.05) is 6.92 Å². The van der Waals surface area contributed by atoms with E-state index < -0.39 is 15.9 Å². The summed E-state index contributed by atoms with van der Waals surface area (Å²) in [6, 6.07) is 3.40. The molecule has 2 heterocycles. The molecular weight excluding hydrogens is 296 g/mol. The smallest absolute Gasteiger partial charge is 0.252 e. The molecular formula is C13H20N2O3S2. The monoisotopic (exact) mass is 316 g/mol. The van der Waals surface area contributed by atoms with Crippen molar-refractivity contribution < 1.29 is 13.2 Å². The lowest BCUT2D eigenvalue weighted by molar-refractivity contribution is -0.123. The molecule has 1 aliphatic heterocycles. The summed E-state index contributed by atoms with van der Waals surface area (Å²) in [6.45, 7) is 4.07. The number of amides is 1. The second-order valence-electron chi connectivity index (χ2n) is 5.17. The van der Waals surface area contributed by atoms with Crippen LogP contribution in [0.15, 0.2) is 16.3 Å². The Morgan fingerprint density at radius 3 is 2.70 bits per heavy atom. The van der Waals surface area contributed by atoms with Gasteiger partial charge in [0.25, 0.3) is 10.0 Å².